The maximum absolute atomic E-state index is 14.8. The molecule has 0 bridgehead atoms. The third kappa shape index (κ3) is 15.7. The van der Waals surface area contributed by atoms with Crippen molar-refractivity contribution >= 4 is 29.1 Å². The molecule has 0 spiro atoms. The van der Waals surface area contributed by atoms with E-state index in [0.29, 0.717) is 19.5 Å². The van der Waals surface area contributed by atoms with Gasteiger partial charge in [-0.25, -0.2) is 0 Å². The average Bonchev–Trinajstić information content (AvgIpc) is 3.47. The second-order valence-corrected chi connectivity index (χ2v) is 28.8. The van der Waals surface area contributed by atoms with E-state index in [1.165, 1.54) is 28.8 Å². The first-order chi connectivity index (χ1) is 37.4. The number of aliphatic hydroxyl groups is 5. The zero-order valence-corrected chi connectivity index (χ0v) is 51.3. The molecular weight excluding hydrogens is 1020 g/mol. The van der Waals surface area contributed by atoms with Crippen LogP contribution in [0.3, 0.4) is 0 Å². The normalized spacial score (nSPS) is 36.8. The summed E-state index contributed by atoms with van der Waals surface area (Å²) in [6.07, 6.45) is 3.14. The van der Waals surface area contributed by atoms with Gasteiger partial charge in [0.1, 0.15) is 53.2 Å². The summed E-state index contributed by atoms with van der Waals surface area (Å²) in [7, 11) is 3.55. The first kappa shape index (κ1) is 65.3. The minimum Gasteiger partial charge on any atom is -0.459 e. The number of unbranched alkanes of at least 4 members (excludes halogenated alkanes) is 7. The Labute approximate surface area is 476 Å². The third-order valence-electron chi connectivity index (χ3n) is 18.7. The van der Waals surface area contributed by atoms with Crippen LogP contribution in [0.5, 0.6) is 0 Å². The van der Waals surface area contributed by atoms with Gasteiger partial charge < -0.3 is 54.1 Å². The van der Waals surface area contributed by atoms with Crippen LogP contribution in [0.25, 0.3) is 0 Å². The van der Waals surface area contributed by atoms with Crippen LogP contribution in [0.4, 0.5) is 0 Å². The smallest absolute Gasteiger partial charge is 0.309 e. The summed E-state index contributed by atoms with van der Waals surface area (Å²) in [6.45, 7) is 19.7. The Bertz CT molecular complexity index is 2160. The van der Waals surface area contributed by atoms with Crippen LogP contribution in [-0.4, -0.2) is 166 Å². The molecule has 0 aliphatic carbocycles. The van der Waals surface area contributed by atoms with E-state index in [2.05, 4.69) is 103 Å². The van der Waals surface area contributed by atoms with E-state index in [9.17, 15) is 30.3 Å². The summed E-state index contributed by atoms with van der Waals surface area (Å²) in [5, 5.41) is 65.3. The molecule has 3 aromatic rings. The zero-order chi connectivity index (χ0) is 57.9. The Balaban J connectivity index is 1.19. The lowest BCUT2D eigenvalue weighted by Crippen LogP contribution is -2.61. The van der Waals surface area contributed by atoms with Crippen molar-refractivity contribution in [2.24, 2.45) is 23.7 Å². The molecule has 3 saturated heterocycles. The van der Waals surface area contributed by atoms with Gasteiger partial charge in [-0.15, -0.1) is 0 Å². The highest BCUT2D eigenvalue weighted by atomic mass is 31.2. The number of likely N-dealkylation sites (N-methyl/N-ethyl adjacent to an activating group) is 1. The van der Waals surface area contributed by atoms with Crippen molar-refractivity contribution in [3.8, 4) is 0 Å². The van der Waals surface area contributed by atoms with Gasteiger partial charge in [0.2, 0.25) is 0 Å². The molecule has 13 nitrogen and oxygen atoms in total. The number of carbonyl (C=O) groups is 1. The molecule has 0 radical (unpaired) electrons. The number of hydrogen-bond acceptors (Lipinski definition) is 13. The molecule has 0 amide bonds. The Hall–Kier alpha value is -2.88. The van der Waals surface area contributed by atoms with Crippen LogP contribution in [0.1, 0.15) is 146 Å². The van der Waals surface area contributed by atoms with Crippen molar-refractivity contribution in [2.45, 2.75) is 230 Å². The van der Waals surface area contributed by atoms with Gasteiger partial charge >= 0.3 is 5.97 Å². The number of nitrogens with zero attached hydrogens (tertiary/aromatic N) is 2. The first-order valence-electron chi connectivity index (χ1n) is 30.1. The van der Waals surface area contributed by atoms with Crippen LogP contribution in [0, 0.1) is 23.7 Å². The minimum absolute atomic E-state index is 0.149. The van der Waals surface area contributed by atoms with E-state index >= 15 is 0 Å². The summed E-state index contributed by atoms with van der Waals surface area (Å²) in [5.41, 5.74) is -4.41. The second kappa shape index (κ2) is 29.1. The van der Waals surface area contributed by atoms with Gasteiger partial charge in [-0.1, -0.05) is 114 Å². The Morgan fingerprint density at radius 3 is 1.75 bits per heavy atom. The molecule has 3 heterocycles. The van der Waals surface area contributed by atoms with Gasteiger partial charge in [0.25, 0.3) is 0 Å². The van der Waals surface area contributed by atoms with E-state index in [-0.39, 0.29) is 37.3 Å². The fraction of sp³-hybridized carbons (Fsp3) is 0.708. The molecule has 0 saturated carbocycles. The van der Waals surface area contributed by atoms with E-state index < -0.39 is 103 Å². The molecule has 79 heavy (non-hydrogen) atoms. The second-order valence-electron chi connectivity index (χ2n) is 25.2. The number of benzene rings is 3. The summed E-state index contributed by atoms with van der Waals surface area (Å²) in [5.74, 6) is -2.97. The molecule has 1 unspecified atom stereocenters. The number of rotatable bonds is 20. The van der Waals surface area contributed by atoms with Crippen LogP contribution < -0.4 is 15.9 Å². The first-order valence-corrected chi connectivity index (χ1v) is 32.1. The lowest BCUT2D eigenvalue weighted by atomic mass is 9.68. The van der Waals surface area contributed by atoms with Gasteiger partial charge in [0.05, 0.1) is 47.7 Å². The Morgan fingerprint density at radius 1 is 0.722 bits per heavy atom. The van der Waals surface area contributed by atoms with Gasteiger partial charge in [-0.3, -0.25) is 9.69 Å². The summed E-state index contributed by atoms with van der Waals surface area (Å²) >= 11 is 0. The van der Waals surface area contributed by atoms with Gasteiger partial charge in [-0.05, 0) is 149 Å². The number of methoxy groups -OCH3 is 1. The number of ether oxygens (including phenoxy) is 5. The van der Waals surface area contributed by atoms with Crippen molar-refractivity contribution in [2.75, 3.05) is 40.5 Å². The number of hydrogen-bond donors (Lipinski definition) is 5. The monoisotopic (exact) mass is 1120 g/mol. The van der Waals surface area contributed by atoms with Crippen molar-refractivity contribution < 1.29 is 54.0 Å². The molecule has 0 aromatic heterocycles. The molecule has 14 heteroatoms. The number of esters is 1. The molecule has 3 aromatic carbocycles. The van der Waals surface area contributed by atoms with Crippen molar-refractivity contribution in [1.29, 1.82) is 0 Å². The van der Waals surface area contributed by atoms with Crippen LogP contribution in [0.2, 0.25) is 0 Å². The van der Waals surface area contributed by atoms with E-state index in [1.807, 2.05) is 53.6 Å². The summed E-state index contributed by atoms with van der Waals surface area (Å²) < 4.78 is 32.4. The topological polar surface area (TPSA) is 171 Å². The fourth-order valence-electron chi connectivity index (χ4n) is 14.1. The highest BCUT2D eigenvalue weighted by Crippen LogP contribution is 2.56. The molecule has 18 atom stereocenters. The SMILES string of the molecule is CC[C@H]1OC(=O)[C@H](C)[C@@H](C2C[C@@](C)(OC)[C@@H](O)[C@H](C)O2)[C@H](C)[C@@H](O[C@@H]2O[C@H](C)C[C@H](N(C)C)[C@H]2O)[C@](C)(O)C[C@@H](C)CN(CCCCCCCCCC[P+](c2ccccc2)(c2ccccc2)c2ccccc2)[C@H](C)[C@@H](O)[C@]1(C)O. The third-order valence-corrected chi connectivity index (χ3v) is 23.2. The number of cyclic esters (lactones) is 1. The molecule has 5 N–H and O–H groups in total. The van der Waals surface area contributed by atoms with Gasteiger partial charge in [-0.2, -0.15) is 0 Å². The average molecular weight is 1120 g/mol. The quantitative estimate of drug-likeness (QED) is 0.0414. The fourth-order valence-corrected chi connectivity index (χ4v) is 18.5. The highest BCUT2D eigenvalue weighted by Gasteiger charge is 2.55. The lowest BCUT2D eigenvalue weighted by molar-refractivity contribution is -0.302. The van der Waals surface area contributed by atoms with Gasteiger partial charge in [0, 0.05) is 38.1 Å². The van der Waals surface area contributed by atoms with Crippen LogP contribution >= 0.6 is 7.26 Å². The van der Waals surface area contributed by atoms with Crippen LogP contribution in [-0.2, 0) is 28.5 Å². The predicted octanol–water partition coefficient (Wildman–Crippen LogP) is 8.66. The lowest BCUT2D eigenvalue weighted by Gasteiger charge is -2.51. The molecule has 6 rings (SSSR count). The van der Waals surface area contributed by atoms with E-state index in [1.54, 1.807) is 34.8 Å². The van der Waals surface area contributed by atoms with E-state index in [4.69, 9.17) is 23.7 Å². The maximum Gasteiger partial charge on any atom is 0.309 e. The Morgan fingerprint density at radius 2 is 1.24 bits per heavy atom. The molecular formula is C65H104N2O11P+. The number of aliphatic hydroxyl groups excluding tert-OH is 3. The van der Waals surface area contributed by atoms with Gasteiger partial charge in [0.15, 0.2) is 6.29 Å². The Kier molecular flexibility index (Phi) is 24.0. The largest absolute Gasteiger partial charge is 0.459 e. The molecule has 3 aliphatic rings. The zero-order valence-electron chi connectivity index (χ0n) is 50.5. The van der Waals surface area contributed by atoms with Crippen molar-refractivity contribution in [3.05, 3.63) is 91.0 Å². The summed E-state index contributed by atoms with van der Waals surface area (Å²) in [4.78, 5) is 19.0. The number of carbonyl (C=O) groups excluding carboxylic acids is 1. The highest BCUT2D eigenvalue weighted by molar-refractivity contribution is 7.95. The van der Waals surface area contributed by atoms with Crippen molar-refractivity contribution in [1.82, 2.24) is 9.80 Å². The van der Waals surface area contributed by atoms with E-state index in [0.717, 1.165) is 44.7 Å². The molecule has 3 aliphatic heterocycles. The minimum atomic E-state index is -1.85. The summed E-state index contributed by atoms with van der Waals surface area (Å²) in [6, 6.07) is 32.5. The van der Waals surface area contributed by atoms with Crippen molar-refractivity contribution in [3.63, 3.8) is 0 Å². The predicted molar refractivity (Wildman–Crippen MR) is 319 cm³/mol. The standard InChI is InChI=1S/C65H104N2O11P/c1-14-55-65(10,73)58(69)48(6)67(38-30-19-17-15-16-18-20-31-39-79(50-32-24-21-25-33-50,51-34-26-22-27-35-51)52-36-28-23-29-37-52)43-44(2)41-63(8,72)60(78-62-57(68)53(66(11)12)40-45(3)75-62)46(4)56(47(5)61(71)77-55)54-42-64(9,74-13)59(70)49(7)76-54/h21-29,32-37,44-49,53-60,62,68-70,72-73H,14-20,30-31,38-43H2,1-13H3/q+1/t44-,45-,46+,47-,48-,49+,53+,54?,55-,56+,57-,58-,59+,60-,62+,63-,64-,65-/m1/s1. The maximum atomic E-state index is 14.8. The van der Waals surface area contributed by atoms with Crippen LogP contribution in [0.15, 0.2) is 91.0 Å². The molecule has 444 valence electrons. The molecule has 3 fully saturated rings.